The predicted octanol–water partition coefficient (Wildman–Crippen LogP) is 1.77. The summed E-state index contributed by atoms with van der Waals surface area (Å²) in [4.78, 5) is 11.4. The molecule has 0 saturated carbocycles. The second-order valence-electron chi connectivity index (χ2n) is 3.92. The highest BCUT2D eigenvalue weighted by Crippen LogP contribution is 2.20. The van der Waals surface area contributed by atoms with E-state index in [4.69, 9.17) is 4.74 Å². The van der Waals surface area contributed by atoms with Crippen molar-refractivity contribution in [2.24, 2.45) is 0 Å². The van der Waals surface area contributed by atoms with Gasteiger partial charge in [0.25, 0.3) is 0 Å². The largest absolute Gasteiger partial charge is 0.497 e. The van der Waals surface area contributed by atoms with Crippen LogP contribution >= 0.6 is 0 Å². The van der Waals surface area contributed by atoms with Crippen molar-refractivity contribution in [2.45, 2.75) is 19.9 Å². The second kappa shape index (κ2) is 6.08. The average Bonchev–Trinajstić information content (AvgIpc) is 2.27. The van der Waals surface area contributed by atoms with Crippen molar-refractivity contribution < 1.29 is 13.9 Å². The first kappa shape index (κ1) is 13.3. The number of ether oxygens (including phenoxy) is 1. The third-order valence-corrected chi connectivity index (χ3v) is 2.06. The fourth-order valence-electron chi connectivity index (χ4n) is 1.32. The van der Waals surface area contributed by atoms with Crippen molar-refractivity contribution >= 4 is 11.6 Å². The van der Waals surface area contributed by atoms with Gasteiger partial charge in [0.1, 0.15) is 11.6 Å². The Kier molecular flexibility index (Phi) is 4.75. The quantitative estimate of drug-likeness (QED) is 0.824. The van der Waals surface area contributed by atoms with Crippen molar-refractivity contribution in [1.82, 2.24) is 5.32 Å². The summed E-state index contributed by atoms with van der Waals surface area (Å²) in [6, 6.07) is 4.40. The van der Waals surface area contributed by atoms with E-state index >= 15 is 0 Å². The van der Waals surface area contributed by atoms with Crippen molar-refractivity contribution in [3.8, 4) is 5.75 Å². The molecule has 1 aromatic carbocycles. The zero-order valence-electron chi connectivity index (χ0n) is 10.2. The van der Waals surface area contributed by atoms with Crippen molar-refractivity contribution in [2.75, 3.05) is 19.0 Å². The lowest BCUT2D eigenvalue weighted by Crippen LogP contribution is -2.34. The van der Waals surface area contributed by atoms with Gasteiger partial charge in [-0.1, -0.05) is 0 Å². The van der Waals surface area contributed by atoms with Gasteiger partial charge in [-0.3, -0.25) is 4.79 Å². The smallest absolute Gasteiger partial charge is 0.239 e. The molecular formula is C12H17FN2O2. The fraction of sp³-hybridized carbons (Fsp3) is 0.417. The Bertz CT molecular complexity index is 394. The number of anilines is 1. The number of amides is 1. The first-order valence-corrected chi connectivity index (χ1v) is 5.39. The monoisotopic (exact) mass is 240 g/mol. The summed E-state index contributed by atoms with van der Waals surface area (Å²) in [5.41, 5.74) is 0.253. The van der Waals surface area contributed by atoms with Crippen molar-refractivity contribution in [3.63, 3.8) is 0 Å². The predicted molar refractivity (Wildman–Crippen MR) is 64.7 cm³/mol. The molecule has 1 rings (SSSR count). The van der Waals surface area contributed by atoms with Crippen LogP contribution in [0.2, 0.25) is 0 Å². The van der Waals surface area contributed by atoms with Gasteiger partial charge in [-0.15, -0.1) is 0 Å². The van der Waals surface area contributed by atoms with E-state index in [0.29, 0.717) is 5.75 Å². The number of hydrogen-bond donors (Lipinski definition) is 2. The number of halogens is 1. The zero-order chi connectivity index (χ0) is 12.8. The number of nitrogens with one attached hydrogen (secondary N) is 2. The summed E-state index contributed by atoms with van der Waals surface area (Å²) in [6.07, 6.45) is 0. The number of carbonyl (C=O) groups excluding carboxylic acids is 1. The number of hydrogen-bond acceptors (Lipinski definition) is 3. The molecule has 0 unspecified atom stereocenters. The van der Waals surface area contributed by atoms with Crippen LogP contribution in [0.15, 0.2) is 18.2 Å². The van der Waals surface area contributed by atoms with Gasteiger partial charge in [-0.2, -0.15) is 0 Å². The van der Waals surface area contributed by atoms with Crippen LogP contribution in [0, 0.1) is 5.82 Å². The van der Waals surface area contributed by atoms with Gasteiger partial charge in [-0.05, 0) is 26.0 Å². The Morgan fingerprint density at radius 1 is 1.47 bits per heavy atom. The SMILES string of the molecule is COc1ccc(F)c(NCC(=O)NC(C)C)c1. The van der Waals surface area contributed by atoms with Gasteiger partial charge in [0, 0.05) is 12.1 Å². The van der Waals surface area contributed by atoms with Crippen LogP contribution in [0.3, 0.4) is 0 Å². The van der Waals surface area contributed by atoms with E-state index in [1.54, 1.807) is 0 Å². The van der Waals surface area contributed by atoms with Crippen LogP contribution < -0.4 is 15.4 Å². The number of benzene rings is 1. The maximum Gasteiger partial charge on any atom is 0.239 e. The molecule has 0 aliphatic carbocycles. The highest BCUT2D eigenvalue weighted by atomic mass is 19.1. The molecule has 0 atom stereocenters. The maximum absolute atomic E-state index is 13.4. The van der Waals surface area contributed by atoms with Gasteiger partial charge < -0.3 is 15.4 Å². The summed E-state index contributed by atoms with van der Waals surface area (Å²) in [6.45, 7) is 3.76. The van der Waals surface area contributed by atoms with Gasteiger partial charge in [0.05, 0.1) is 19.3 Å². The van der Waals surface area contributed by atoms with Crippen molar-refractivity contribution in [3.05, 3.63) is 24.0 Å². The van der Waals surface area contributed by atoms with Crippen LogP contribution in [0.4, 0.5) is 10.1 Å². The third-order valence-electron chi connectivity index (χ3n) is 2.06. The van der Waals surface area contributed by atoms with Crippen molar-refractivity contribution in [1.29, 1.82) is 0 Å². The minimum Gasteiger partial charge on any atom is -0.497 e. The van der Waals surface area contributed by atoms with Crippen LogP contribution in [-0.2, 0) is 4.79 Å². The molecule has 0 aliphatic rings. The average molecular weight is 240 g/mol. The van der Waals surface area contributed by atoms with Gasteiger partial charge >= 0.3 is 0 Å². The molecule has 0 fully saturated rings. The fourth-order valence-corrected chi connectivity index (χ4v) is 1.32. The number of methoxy groups -OCH3 is 1. The third kappa shape index (κ3) is 4.30. The van der Waals surface area contributed by atoms with Gasteiger partial charge in [-0.25, -0.2) is 4.39 Å². The lowest BCUT2D eigenvalue weighted by Gasteiger charge is -2.11. The molecule has 5 heteroatoms. The molecule has 2 N–H and O–H groups in total. The van der Waals surface area contributed by atoms with Gasteiger partial charge in [0.2, 0.25) is 5.91 Å². The Hall–Kier alpha value is -1.78. The second-order valence-corrected chi connectivity index (χ2v) is 3.92. The number of rotatable bonds is 5. The lowest BCUT2D eigenvalue weighted by atomic mass is 10.3. The molecule has 4 nitrogen and oxygen atoms in total. The molecule has 0 aromatic heterocycles. The molecule has 1 aromatic rings. The molecule has 0 heterocycles. The normalized spacial score (nSPS) is 10.2. The summed E-state index contributed by atoms with van der Waals surface area (Å²) < 4.78 is 18.3. The maximum atomic E-state index is 13.4. The molecule has 17 heavy (non-hydrogen) atoms. The first-order valence-electron chi connectivity index (χ1n) is 5.39. The van der Waals surface area contributed by atoms with E-state index < -0.39 is 5.82 Å². The van der Waals surface area contributed by atoms with Crippen LogP contribution in [0.25, 0.3) is 0 Å². The minimum absolute atomic E-state index is 0.0300. The topological polar surface area (TPSA) is 50.4 Å². The Morgan fingerprint density at radius 2 is 2.18 bits per heavy atom. The molecule has 0 spiro atoms. The Balaban J connectivity index is 2.59. The standard InChI is InChI=1S/C12H17FN2O2/c1-8(2)15-12(16)7-14-11-6-9(17-3)4-5-10(11)13/h4-6,8,14H,7H2,1-3H3,(H,15,16). The van der Waals surface area contributed by atoms with Crippen LogP contribution in [0.1, 0.15) is 13.8 Å². The molecule has 1 amide bonds. The number of carbonyl (C=O) groups is 1. The van der Waals surface area contributed by atoms with E-state index in [1.165, 1.54) is 25.3 Å². The summed E-state index contributed by atoms with van der Waals surface area (Å²) in [5, 5.41) is 5.43. The molecule has 94 valence electrons. The first-order chi connectivity index (χ1) is 8.02. The summed E-state index contributed by atoms with van der Waals surface area (Å²) in [5.74, 6) is -0.0523. The highest BCUT2D eigenvalue weighted by Gasteiger charge is 2.07. The summed E-state index contributed by atoms with van der Waals surface area (Å²) >= 11 is 0. The van der Waals surface area contributed by atoms with E-state index in [9.17, 15) is 9.18 Å². The Labute approximate surface area is 100 Å². The minimum atomic E-state index is -0.414. The molecule has 0 saturated heterocycles. The van der Waals surface area contributed by atoms with Gasteiger partial charge in [0.15, 0.2) is 0 Å². The molecular weight excluding hydrogens is 223 g/mol. The van der Waals surface area contributed by atoms with Crippen LogP contribution in [0.5, 0.6) is 5.75 Å². The van der Waals surface area contributed by atoms with Crippen LogP contribution in [-0.4, -0.2) is 25.6 Å². The van der Waals surface area contributed by atoms with E-state index in [2.05, 4.69) is 10.6 Å². The highest BCUT2D eigenvalue weighted by molar-refractivity contribution is 5.81. The Morgan fingerprint density at radius 3 is 2.76 bits per heavy atom. The van der Waals surface area contributed by atoms with E-state index in [1.807, 2.05) is 13.8 Å². The zero-order valence-corrected chi connectivity index (χ0v) is 10.2. The summed E-state index contributed by atoms with van der Waals surface area (Å²) in [7, 11) is 1.50. The molecule has 0 radical (unpaired) electrons. The lowest BCUT2D eigenvalue weighted by molar-refractivity contribution is -0.119. The van der Waals surface area contributed by atoms with E-state index in [-0.39, 0.29) is 24.2 Å². The molecule has 0 bridgehead atoms. The van der Waals surface area contributed by atoms with E-state index in [0.717, 1.165) is 0 Å². The molecule has 0 aliphatic heterocycles.